The summed E-state index contributed by atoms with van der Waals surface area (Å²) in [5.74, 6) is -2.51. The molecule has 1 aromatic carbocycles. The molecule has 0 radical (unpaired) electrons. The third-order valence-corrected chi connectivity index (χ3v) is 7.30. The van der Waals surface area contributed by atoms with Crippen molar-refractivity contribution in [3.63, 3.8) is 0 Å². The Hall–Kier alpha value is -2.28. The molecule has 0 saturated carbocycles. The number of amides is 6. The van der Waals surface area contributed by atoms with E-state index in [-0.39, 0.29) is 36.1 Å². The fraction of sp³-hybridized carbons (Fsp3) is 0.450. The minimum absolute atomic E-state index is 0. The number of nitrogens with one attached hydrogen (secondary N) is 3. The number of hydrogen-bond acceptors (Lipinski definition) is 7. The summed E-state index contributed by atoms with van der Waals surface area (Å²) in [5, 5.41) is 18.7. The van der Waals surface area contributed by atoms with Crippen molar-refractivity contribution in [2.45, 2.75) is 42.1 Å². The second kappa shape index (κ2) is 9.53. The molecule has 0 aromatic heterocycles. The molecule has 3 saturated heterocycles. The molecule has 1 aromatic rings. The number of hydrogen-bond donors (Lipinski definition) is 3. The number of fused-ring (bicyclic) bond motifs is 1. The van der Waals surface area contributed by atoms with E-state index in [1.54, 1.807) is 44.2 Å². The number of nitrogens with zero attached hydrogens (tertiary/aromatic N) is 2. The summed E-state index contributed by atoms with van der Waals surface area (Å²) >= 11 is 1.27. The molecule has 4 atom stereocenters. The van der Waals surface area contributed by atoms with Gasteiger partial charge in [-0.25, -0.2) is 14.5 Å². The Kier molecular flexibility index (Phi) is 7.32. The summed E-state index contributed by atoms with van der Waals surface area (Å²) in [6, 6.07) is 3.93. The van der Waals surface area contributed by atoms with Crippen LogP contribution in [0.1, 0.15) is 25.5 Å². The maximum absolute atomic E-state index is 13.1. The number of benzene rings is 1. The Labute approximate surface area is 216 Å². The van der Waals surface area contributed by atoms with Crippen LogP contribution in [0.3, 0.4) is 0 Å². The first-order chi connectivity index (χ1) is 15.1. The molecule has 13 heteroatoms. The number of carboxylic acids is 1. The van der Waals surface area contributed by atoms with Crippen molar-refractivity contribution in [1.29, 1.82) is 0 Å². The van der Waals surface area contributed by atoms with Gasteiger partial charge in [-0.1, -0.05) is 30.3 Å². The summed E-state index contributed by atoms with van der Waals surface area (Å²) in [6.45, 7) is 3.89. The molecule has 170 valence electrons. The summed E-state index contributed by atoms with van der Waals surface area (Å²) in [5.41, 5.74) is 0.466. The number of imide groups is 1. The van der Waals surface area contributed by atoms with Crippen molar-refractivity contribution in [2.75, 3.05) is 13.1 Å². The van der Waals surface area contributed by atoms with Crippen LogP contribution in [-0.2, 0) is 14.4 Å². The number of thioether (sulfide) groups is 1. The van der Waals surface area contributed by atoms with Gasteiger partial charge in [0.1, 0.15) is 17.5 Å². The molecular weight excluding hydrogens is 461 g/mol. The average Bonchev–Trinajstić information content (AvgIpc) is 3.29. The van der Waals surface area contributed by atoms with Crippen LogP contribution < -0.4 is 50.6 Å². The van der Waals surface area contributed by atoms with E-state index in [1.165, 1.54) is 16.7 Å². The number of carboxylic acid groups (broad SMARTS) is 1. The van der Waals surface area contributed by atoms with Crippen molar-refractivity contribution in [2.24, 2.45) is 0 Å². The SMILES string of the molecule is CC1(C)SC2C(NC(=O)C(NC(=O)N3CCNC3=O)c3ccccc3)C(=O)N2C1C(=O)[O-].[Na+]. The largest absolute Gasteiger partial charge is 1.00 e. The van der Waals surface area contributed by atoms with Crippen LogP contribution in [0.4, 0.5) is 9.59 Å². The van der Waals surface area contributed by atoms with E-state index < -0.39 is 58.1 Å². The zero-order valence-electron chi connectivity index (χ0n) is 18.4. The van der Waals surface area contributed by atoms with Crippen molar-refractivity contribution in [3.05, 3.63) is 35.9 Å². The van der Waals surface area contributed by atoms with Crippen LogP contribution in [0.5, 0.6) is 0 Å². The van der Waals surface area contributed by atoms with Gasteiger partial charge in [0, 0.05) is 17.8 Å². The maximum Gasteiger partial charge on any atom is 1.00 e. The zero-order chi connectivity index (χ0) is 23.2. The van der Waals surface area contributed by atoms with Gasteiger partial charge >= 0.3 is 41.6 Å². The molecule has 11 nitrogen and oxygen atoms in total. The van der Waals surface area contributed by atoms with E-state index in [4.69, 9.17) is 0 Å². The number of carbonyl (C=O) groups excluding carboxylic acids is 5. The standard InChI is InChI=1S/C20H23N5O6S.Na/c1-20(2)13(17(28)29)25-15(27)12(16(25)32-20)22-14(26)11(10-6-4-3-5-7-10)23-19(31)24-9-8-21-18(24)30;/h3-7,11-13,16H,8-9H2,1-2H3,(H,21,30)(H,22,26)(H,23,31)(H,28,29);/q;+1/p-1. The van der Waals surface area contributed by atoms with Crippen LogP contribution >= 0.6 is 11.8 Å². The topological polar surface area (TPSA) is 151 Å². The molecule has 3 aliphatic heterocycles. The Morgan fingerprint density at radius 1 is 1.21 bits per heavy atom. The third kappa shape index (κ3) is 4.57. The van der Waals surface area contributed by atoms with Gasteiger partial charge in [-0.2, -0.15) is 0 Å². The van der Waals surface area contributed by atoms with Gasteiger partial charge in [0.15, 0.2) is 0 Å². The Morgan fingerprint density at radius 3 is 2.45 bits per heavy atom. The molecule has 3 heterocycles. The number of urea groups is 2. The van der Waals surface area contributed by atoms with Gasteiger partial charge in [0.2, 0.25) is 11.8 Å². The number of aliphatic carboxylic acids is 1. The van der Waals surface area contributed by atoms with Gasteiger partial charge in [-0.3, -0.25) is 9.59 Å². The molecule has 0 spiro atoms. The Balaban J connectivity index is 0.00000306. The predicted molar refractivity (Wildman–Crippen MR) is 111 cm³/mol. The van der Waals surface area contributed by atoms with E-state index in [9.17, 15) is 29.1 Å². The van der Waals surface area contributed by atoms with Gasteiger partial charge in [0.05, 0.1) is 12.0 Å². The summed E-state index contributed by atoms with van der Waals surface area (Å²) in [4.78, 5) is 63.9. The molecule has 3 fully saturated rings. The van der Waals surface area contributed by atoms with E-state index >= 15 is 0 Å². The molecule has 4 unspecified atom stereocenters. The number of β-lactam (4-membered cyclic amide) rings is 1. The second-order valence-electron chi connectivity index (χ2n) is 8.24. The van der Waals surface area contributed by atoms with Crippen molar-refractivity contribution < 1.29 is 58.6 Å². The van der Waals surface area contributed by atoms with E-state index in [2.05, 4.69) is 16.0 Å². The van der Waals surface area contributed by atoms with Gasteiger partial charge in [-0.15, -0.1) is 11.8 Å². The van der Waals surface area contributed by atoms with Gasteiger partial charge in [-0.05, 0) is 19.4 Å². The van der Waals surface area contributed by atoms with Crippen LogP contribution in [0.15, 0.2) is 30.3 Å². The van der Waals surface area contributed by atoms with Gasteiger partial charge in [0.25, 0.3) is 0 Å². The van der Waals surface area contributed by atoms with Crippen LogP contribution in [0, 0.1) is 0 Å². The Bertz CT molecular complexity index is 992. The first kappa shape index (κ1) is 25.3. The zero-order valence-corrected chi connectivity index (χ0v) is 21.2. The minimum Gasteiger partial charge on any atom is -0.548 e. The second-order valence-corrected chi connectivity index (χ2v) is 10.0. The van der Waals surface area contributed by atoms with Crippen LogP contribution in [0.2, 0.25) is 0 Å². The molecule has 33 heavy (non-hydrogen) atoms. The summed E-state index contributed by atoms with van der Waals surface area (Å²) < 4.78 is -0.783. The monoisotopic (exact) mass is 483 g/mol. The normalized spacial score (nSPS) is 25.8. The van der Waals surface area contributed by atoms with E-state index in [1.807, 2.05) is 0 Å². The van der Waals surface area contributed by atoms with Crippen LogP contribution in [0.25, 0.3) is 0 Å². The fourth-order valence-corrected chi connectivity index (χ4v) is 5.80. The molecular formula is C20H22N5NaO6S. The molecule has 0 aliphatic carbocycles. The smallest absolute Gasteiger partial charge is 0.548 e. The Morgan fingerprint density at radius 2 is 1.88 bits per heavy atom. The van der Waals surface area contributed by atoms with E-state index in [0.717, 1.165) is 4.90 Å². The van der Waals surface area contributed by atoms with Crippen molar-refractivity contribution >= 4 is 41.6 Å². The first-order valence-electron chi connectivity index (χ1n) is 10.0. The number of rotatable bonds is 5. The van der Waals surface area contributed by atoms with E-state index in [0.29, 0.717) is 12.1 Å². The molecule has 3 N–H and O–H groups in total. The third-order valence-electron chi connectivity index (χ3n) is 5.73. The van der Waals surface area contributed by atoms with Gasteiger partial charge < -0.3 is 30.8 Å². The first-order valence-corrected chi connectivity index (χ1v) is 10.9. The average molecular weight is 483 g/mol. The molecule has 4 rings (SSSR count). The summed E-state index contributed by atoms with van der Waals surface area (Å²) in [6.07, 6.45) is 0. The number of carbonyl (C=O) groups is 5. The summed E-state index contributed by atoms with van der Waals surface area (Å²) in [7, 11) is 0. The predicted octanol–water partition coefficient (Wildman–Crippen LogP) is -4.24. The van der Waals surface area contributed by atoms with Crippen molar-refractivity contribution in [1.82, 2.24) is 25.8 Å². The molecule has 3 aliphatic rings. The molecule has 0 bridgehead atoms. The fourth-order valence-electron chi connectivity index (χ4n) is 4.18. The minimum atomic E-state index is -1.35. The van der Waals surface area contributed by atoms with Crippen molar-refractivity contribution in [3.8, 4) is 0 Å². The maximum atomic E-state index is 13.1. The molecule has 6 amide bonds. The quantitative estimate of drug-likeness (QED) is 0.284. The van der Waals surface area contributed by atoms with Crippen LogP contribution in [-0.4, -0.2) is 74.9 Å².